The average Bonchev–Trinajstić information content (AvgIpc) is 2.30. The van der Waals surface area contributed by atoms with Crippen LogP contribution in [0.3, 0.4) is 0 Å². The zero-order valence-corrected chi connectivity index (χ0v) is 9.36. The first kappa shape index (κ1) is 12.1. The SMILES string of the molecule is CCNC(=O)C(C)Oc1ccccc1C#N. The van der Waals surface area contributed by atoms with Crippen LogP contribution in [0.5, 0.6) is 5.75 Å². The summed E-state index contributed by atoms with van der Waals surface area (Å²) in [6.45, 7) is 4.05. The fourth-order valence-corrected chi connectivity index (χ4v) is 1.22. The number of nitrogens with one attached hydrogen (secondary N) is 1. The smallest absolute Gasteiger partial charge is 0.260 e. The molecule has 0 radical (unpaired) electrons. The molecule has 0 saturated carbocycles. The molecule has 1 unspecified atom stereocenters. The van der Waals surface area contributed by atoms with Gasteiger partial charge in [-0.3, -0.25) is 4.79 Å². The highest BCUT2D eigenvalue weighted by Crippen LogP contribution is 2.17. The van der Waals surface area contributed by atoms with Gasteiger partial charge in [0.2, 0.25) is 0 Å². The van der Waals surface area contributed by atoms with Crippen molar-refractivity contribution in [1.29, 1.82) is 5.26 Å². The highest BCUT2D eigenvalue weighted by Gasteiger charge is 2.14. The molecule has 4 nitrogen and oxygen atoms in total. The van der Waals surface area contributed by atoms with E-state index in [1.165, 1.54) is 0 Å². The van der Waals surface area contributed by atoms with Crippen LogP contribution in [0, 0.1) is 11.3 Å². The van der Waals surface area contributed by atoms with Crippen LogP contribution in [0.1, 0.15) is 19.4 Å². The van der Waals surface area contributed by atoms with E-state index in [0.717, 1.165) is 0 Å². The minimum Gasteiger partial charge on any atom is -0.480 e. The van der Waals surface area contributed by atoms with Crippen LogP contribution in [0.25, 0.3) is 0 Å². The van der Waals surface area contributed by atoms with Gasteiger partial charge in [0.1, 0.15) is 11.8 Å². The van der Waals surface area contributed by atoms with Gasteiger partial charge in [0, 0.05) is 6.54 Å². The predicted octanol–water partition coefficient (Wildman–Crippen LogP) is 1.46. The molecule has 84 valence electrons. The summed E-state index contributed by atoms with van der Waals surface area (Å²) in [5.74, 6) is 0.249. The Morgan fingerprint density at radius 3 is 2.88 bits per heavy atom. The molecule has 0 heterocycles. The number of benzene rings is 1. The number of para-hydroxylation sites is 1. The second kappa shape index (κ2) is 5.76. The summed E-state index contributed by atoms with van der Waals surface area (Å²) in [5, 5.41) is 11.5. The molecule has 1 atom stereocenters. The van der Waals surface area contributed by atoms with Gasteiger partial charge in [-0.1, -0.05) is 12.1 Å². The zero-order valence-electron chi connectivity index (χ0n) is 9.36. The Balaban J connectivity index is 2.73. The van der Waals surface area contributed by atoms with Crippen molar-refractivity contribution in [3.05, 3.63) is 29.8 Å². The fraction of sp³-hybridized carbons (Fsp3) is 0.333. The average molecular weight is 218 g/mol. The van der Waals surface area contributed by atoms with Crippen molar-refractivity contribution >= 4 is 5.91 Å². The van der Waals surface area contributed by atoms with Crippen molar-refractivity contribution in [2.75, 3.05) is 6.54 Å². The van der Waals surface area contributed by atoms with Gasteiger partial charge in [-0.05, 0) is 26.0 Å². The van der Waals surface area contributed by atoms with E-state index < -0.39 is 6.10 Å². The molecule has 1 N–H and O–H groups in total. The molecule has 0 aliphatic heterocycles. The molecule has 1 aromatic carbocycles. The summed E-state index contributed by atoms with van der Waals surface area (Å²) in [7, 11) is 0. The lowest BCUT2D eigenvalue weighted by atomic mass is 10.2. The summed E-state index contributed by atoms with van der Waals surface area (Å²) < 4.78 is 5.42. The number of amides is 1. The molecule has 1 rings (SSSR count). The third-order valence-electron chi connectivity index (χ3n) is 2.03. The zero-order chi connectivity index (χ0) is 12.0. The number of rotatable bonds is 4. The summed E-state index contributed by atoms with van der Waals surface area (Å²) in [6.07, 6.45) is -0.602. The molecule has 0 aliphatic carbocycles. The minimum atomic E-state index is -0.602. The van der Waals surface area contributed by atoms with Crippen LogP contribution >= 0.6 is 0 Å². The molecule has 0 saturated heterocycles. The highest BCUT2D eigenvalue weighted by molar-refractivity contribution is 5.80. The van der Waals surface area contributed by atoms with Gasteiger partial charge in [-0.25, -0.2) is 0 Å². The second-order valence-electron chi connectivity index (χ2n) is 3.26. The first-order valence-corrected chi connectivity index (χ1v) is 5.12. The summed E-state index contributed by atoms with van der Waals surface area (Å²) in [4.78, 5) is 11.4. The number of ether oxygens (including phenoxy) is 1. The first-order valence-electron chi connectivity index (χ1n) is 5.12. The van der Waals surface area contributed by atoms with Crippen molar-refractivity contribution in [1.82, 2.24) is 5.32 Å². The predicted molar refractivity (Wildman–Crippen MR) is 59.9 cm³/mol. The second-order valence-corrected chi connectivity index (χ2v) is 3.26. The number of hydrogen-bond donors (Lipinski definition) is 1. The number of nitriles is 1. The van der Waals surface area contributed by atoms with Crippen LogP contribution in [0.15, 0.2) is 24.3 Å². The lowest BCUT2D eigenvalue weighted by molar-refractivity contribution is -0.127. The molecule has 1 aromatic rings. The molecule has 4 heteroatoms. The number of hydrogen-bond acceptors (Lipinski definition) is 3. The van der Waals surface area contributed by atoms with Crippen LogP contribution in [0.4, 0.5) is 0 Å². The molecule has 0 fully saturated rings. The van der Waals surface area contributed by atoms with E-state index in [-0.39, 0.29) is 5.91 Å². The Hall–Kier alpha value is -2.02. The van der Waals surface area contributed by atoms with E-state index in [1.807, 2.05) is 13.0 Å². The van der Waals surface area contributed by atoms with Crippen molar-refractivity contribution in [3.63, 3.8) is 0 Å². The largest absolute Gasteiger partial charge is 0.480 e. The summed E-state index contributed by atoms with van der Waals surface area (Å²) in [6, 6.07) is 8.86. The molecule has 0 aromatic heterocycles. The van der Waals surface area contributed by atoms with E-state index in [0.29, 0.717) is 17.9 Å². The maximum Gasteiger partial charge on any atom is 0.260 e. The van der Waals surface area contributed by atoms with Crippen LogP contribution in [-0.2, 0) is 4.79 Å². The number of likely N-dealkylation sites (N-methyl/N-ethyl adjacent to an activating group) is 1. The summed E-state index contributed by atoms with van der Waals surface area (Å²) >= 11 is 0. The third-order valence-corrected chi connectivity index (χ3v) is 2.03. The lowest BCUT2D eigenvalue weighted by Crippen LogP contribution is -2.36. The Morgan fingerprint density at radius 1 is 1.56 bits per heavy atom. The number of carbonyl (C=O) groups is 1. The van der Waals surface area contributed by atoms with E-state index in [4.69, 9.17) is 10.00 Å². The monoisotopic (exact) mass is 218 g/mol. The third kappa shape index (κ3) is 2.99. The van der Waals surface area contributed by atoms with Crippen LogP contribution in [0.2, 0.25) is 0 Å². The standard InChI is InChI=1S/C12H14N2O2/c1-3-14-12(15)9(2)16-11-7-5-4-6-10(11)8-13/h4-7,9H,3H2,1-2H3,(H,14,15). The van der Waals surface area contributed by atoms with Gasteiger partial charge >= 0.3 is 0 Å². The normalized spacial score (nSPS) is 11.3. The van der Waals surface area contributed by atoms with Gasteiger partial charge in [-0.2, -0.15) is 5.26 Å². The Kier molecular flexibility index (Phi) is 4.34. The molecule has 0 bridgehead atoms. The van der Waals surface area contributed by atoms with Crippen molar-refractivity contribution < 1.29 is 9.53 Å². The Bertz CT molecular complexity index is 410. The van der Waals surface area contributed by atoms with E-state index in [2.05, 4.69) is 5.32 Å². The quantitative estimate of drug-likeness (QED) is 0.832. The topological polar surface area (TPSA) is 62.1 Å². The van der Waals surface area contributed by atoms with E-state index >= 15 is 0 Å². The van der Waals surface area contributed by atoms with Gasteiger partial charge in [0.15, 0.2) is 6.10 Å². The first-order chi connectivity index (χ1) is 7.69. The summed E-state index contributed by atoms with van der Waals surface area (Å²) in [5.41, 5.74) is 0.429. The molecule has 0 spiro atoms. The number of carbonyl (C=O) groups excluding carboxylic acids is 1. The Morgan fingerprint density at radius 2 is 2.25 bits per heavy atom. The van der Waals surface area contributed by atoms with Gasteiger partial charge in [0.05, 0.1) is 5.56 Å². The van der Waals surface area contributed by atoms with Crippen LogP contribution < -0.4 is 10.1 Å². The lowest BCUT2D eigenvalue weighted by Gasteiger charge is -2.14. The van der Waals surface area contributed by atoms with Gasteiger partial charge < -0.3 is 10.1 Å². The molecule has 0 aliphatic rings. The van der Waals surface area contributed by atoms with Gasteiger partial charge in [0.25, 0.3) is 5.91 Å². The fourth-order valence-electron chi connectivity index (χ4n) is 1.22. The molecule has 16 heavy (non-hydrogen) atoms. The highest BCUT2D eigenvalue weighted by atomic mass is 16.5. The minimum absolute atomic E-state index is 0.185. The van der Waals surface area contributed by atoms with E-state index in [9.17, 15) is 4.79 Å². The molecule has 1 amide bonds. The molecular formula is C12H14N2O2. The van der Waals surface area contributed by atoms with Crippen molar-refractivity contribution in [2.24, 2.45) is 0 Å². The Labute approximate surface area is 94.8 Å². The van der Waals surface area contributed by atoms with Crippen molar-refractivity contribution in [2.45, 2.75) is 20.0 Å². The van der Waals surface area contributed by atoms with Crippen molar-refractivity contribution in [3.8, 4) is 11.8 Å². The maximum absolute atomic E-state index is 11.4. The van der Waals surface area contributed by atoms with E-state index in [1.54, 1.807) is 31.2 Å². The molecular weight excluding hydrogens is 204 g/mol. The van der Waals surface area contributed by atoms with Gasteiger partial charge in [-0.15, -0.1) is 0 Å². The number of nitrogens with zero attached hydrogens (tertiary/aromatic N) is 1. The maximum atomic E-state index is 11.4. The van der Waals surface area contributed by atoms with Crippen LogP contribution in [-0.4, -0.2) is 18.6 Å².